The van der Waals surface area contributed by atoms with E-state index in [0.717, 1.165) is 0 Å². The number of aliphatic hydroxyl groups is 1. The molecule has 0 bridgehead atoms. The van der Waals surface area contributed by atoms with Gasteiger partial charge in [0.15, 0.2) is 0 Å². The minimum Gasteiger partial charge on any atom is -0.478 e. The molecule has 0 aromatic heterocycles. The van der Waals surface area contributed by atoms with E-state index in [1.54, 1.807) is 0 Å². The minimum absolute atomic E-state index is 0.163. The molecule has 0 saturated heterocycles. The van der Waals surface area contributed by atoms with Gasteiger partial charge < -0.3 is 15.5 Å². The first kappa shape index (κ1) is 9.22. The van der Waals surface area contributed by atoms with E-state index in [0.29, 0.717) is 19.4 Å². The lowest BCUT2D eigenvalue weighted by Crippen LogP contribution is -2.45. The van der Waals surface area contributed by atoms with Crippen LogP contribution in [-0.2, 0) is 4.79 Å². The lowest BCUT2D eigenvalue weighted by molar-refractivity contribution is -0.132. The Balaban J connectivity index is 2.10. The summed E-state index contributed by atoms with van der Waals surface area (Å²) in [4.78, 5) is 10.3. The predicted octanol–water partition coefficient (Wildman–Crippen LogP) is -0.260. The van der Waals surface area contributed by atoms with E-state index < -0.39 is 5.97 Å². The van der Waals surface area contributed by atoms with Crippen molar-refractivity contribution in [2.45, 2.75) is 25.0 Å². The van der Waals surface area contributed by atoms with Crippen LogP contribution in [0, 0.1) is 0 Å². The van der Waals surface area contributed by atoms with Crippen LogP contribution in [0.2, 0.25) is 0 Å². The highest BCUT2D eigenvalue weighted by atomic mass is 16.4. The number of carboxylic acids is 1. The number of aliphatic hydroxyl groups excluding tert-OH is 1. The van der Waals surface area contributed by atoms with Crippen LogP contribution in [0.5, 0.6) is 0 Å². The molecule has 0 atom stereocenters. The van der Waals surface area contributed by atoms with Gasteiger partial charge in [0, 0.05) is 18.2 Å². The van der Waals surface area contributed by atoms with Crippen molar-refractivity contribution in [2.75, 3.05) is 6.54 Å². The van der Waals surface area contributed by atoms with E-state index in [2.05, 4.69) is 11.9 Å². The van der Waals surface area contributed by atoms with Crippen molar-refractivity contribution in [1.29, 1.82) is 0 Å². The third kappa shape index (κ3) is 2.32. The zero-order chi connectivity index (χ0) is 9.14. The van der Waals surface area contributed by atoms with Gasteiger partial charge in [-0.2, -0.15) is 0 Å². The highest BCUT2D eigenvalue weighted by Crippen LogP contribution is 2.19. The number of carboxylic acid groups (broad SMARTS) is 1. The average Bonchev–Trinajstić information content (AvgIpc) is 1.95. The zero-order valence-corrected chi connectivity index (χ0v) is 6.79. The highest BCUT2D eigenvalue weighted by molar-refractivity contribution is 5.86. The fraction of sp³-hybridized carbons (Fsp3) is 0.625. The van der Waals surface area contributed by atoms with Gasteiger partial charge in [-0.25, -0.2) is 4.79 Å². The third-order valence-corrected chi connectivity index (χ3v) is 2.02. The summed E-state index contributed by atoms with van der Waals surface area (Å²) in [5.74, 6) is -0.970. The molecule has 12 heavy (non-hydrogen) atoms. The first-order valence-corrected chi connectivity index (χ1v) is 3.92. The Morgan fingerprint density at radius 2 is 2.17 bits per heavy atom. The SMILES string of the molecule is C=C(CNC1CC(O)C1)C(=O)O. The number of carbonyl (C=O) groups is 1. The molecule has 4 heteroatoms. The van der Waals surface area contributed by atoms with Crippen molar-refractivity contribution < 1.29 is 15.0 Å². The summed E-state index contributed by atoms with van der Waals surface area (Å²) in [7, 11) is 0. The van der Waals surface area contributed by atoms with Gasteiger partial charge in [0.25, 0.3) is 0 Å². The van der Waals surface area contributed by atoms with Crippen molar-refractivity contribution in [3.63, 3.8) is 0 Å². The molecule has 0 amide bonds. The average molecular weight is 171 g/mol. The van der Waals surface area contributed by atoms with E-state index in [-0.39, 0.29) is 17.7 Å². The Labute approximate surface area is 70.9 Å². The maximum Gasteiger partial charge on any atom is 0.332 e. The van der Waals surface area contributed by atoms with Crippen molar-refractivity contribution >= 4 is 5.97 Å². The molecule has 4 nitrogen and oxygen atoms in total. The largest absolute Gasteiger partial charge is 0.478 e. The van der Waals surface area contributed by atoms with Crippen molar-refractivity contribution in [3.8, 4) is 0 Å². The topological polar surface area (TPSA) is 69.6 Å². The Morgan fingerprint density at radius 1 is 1.58 bits per heavy atom. The Kier molecular flexibility index (Phi) is 2.83. The fourth-order valence-corrected chi connectivity index (χ4v) is 1.10. The second-order valence-corrected chi connectivity index (χ2v) is 3.11. The van der Waals surface area contributed by atoms with Crippen LogP contribution in [-0.4, -0.2) is 34.9 Å². The summed E-state index contributed by atoms with van der Waals surface area (Å²) in [5, 5.41) is 20.4. The molecule has 1 rings (SSSR count). The normalized spacial score (nSPS) is 27.8. The maximum atomic E-state index is 10.3. The number of rotatable bonds is 4. The number of hydrogen-bond acceptors (Lipinski definition) is 3. The number of nitrogens with one attached hydrogen (secondary N) is 1. The lowest BCUT2D eigenvalue weighted by atomic mass is 9.89. The van der Waals surface area contributed by atoms with Crippen LogP contribution in [0.4, 0.5) is 0 Å². The maximum absolute atomic E-state index is 10.3. The molecular weight excluding hydrogens is 158 g/mol. The van der Waals surface area contributed by atoms with Crippen LogP contribution in [0.3, 0.4) is 0 Å². The Bertz CT molecular complexity index is 196. The van der Waals surface area contributed by atoms with Gasteiger partial charge in [0.2, 0.25) is 0 Å². The fourth-order valence-electron chi connectivity index (χ4n) is 1.10. The van der Waals surface area contributed by atoms with E-state index >= 15 is 0 Å². The predicted molar refractivity (Wildman–Crippen MR) is 43.8 cm³/mol. The van der Waals surface area contributed by atoms with Crippen LogP contribution in [0.1, 0.15) is 12.8 Å². The van der Waals surface area contributed by atoms with Gasteiger partial charge in [0.05, 0.1) is 6.10 Å². The molecule has 68 valence electrons. The molecule has 0 aliphatic heterocycles. The lowest BCUT2D eigenvalue weighted by Gasteiger charge is -2.32. The second-order valence-electron chi connectivity index (χ2n) is 3.11. The molecule has 1 fully saturated rings. The van der Waals surface area contributed by atoms with Gasteiger partial charge in [0.1, 0.15) is 0 Å². The summed E-state index contributed by atoms with van der Waals surface area (Å²) in [6, 6.07) is 0.260. The second kappa shape index (κ2) is 3.69. The van der Waals surface area contributed by atoms with Gasteiger partial charge in [-0.3, -0.25) is 0 Å². The minimum atomic E-state index is -0.970. The molecule has 3 N–H and O–H groups in total. The van der Waals surface area contributed by atoms with E-state index in [1.165, 1.54) is 0 Å². The molecule has 0 aromatic rings. The number of hydrogen-bond donors (Lipinski definition) is 3. The third-order valence-electron chi connectivity index (χ3n) is 2.02. The molecule has 0 heterocycles. The summed E-state index contributed by atoms with van der Waals surface area (Å²) in [6.07, 6.45) is 1.22. The molecule has 0 radical (unpaired) electrons. The molecular formula is C8H13NO3. The first-order chi connectivity index (χ1) is 5.59. The van der Waals surface area contributed by atoms with Crippen LogP contribution in [0.15, 0.2) is 12.2 Å². The Morgan fingerprint density at radius 3 is 2.58 bits per heavy atom. The molecule has 0 aromatic carbocycles. The molecule has 1 aliphatic rings. The van der Waals surface area contributed by atoms with Crippen molar-refractivity contribution in [1.82, 2.24) is 5.32 Å². The van der Waals surface area contributed by atoms with Gasteiger partial charge >= 0.3 is 5.97 Å². The molecule has 1 saturated carbocycles. The highest BCUT2D eigenvalue weighted by Gasteiger charge is 2.26. The summed E-state index contributed by atoms with van der Waals surface area (Å²) < 4.78 is 0. The van der Waals surface area contributed by atoms with Gasteiger partial charge in [-0.15, -0.1) is 0 Å². The molecule has 0 spiro atoms. The van der Waals surface area contributed by atoms with E-state index in [1.807, 2.05) is 0 Å². The number of aliphatic carboxylic acids is 1. The smallest absolute Gasteiger partial charge is 0.332 e. The quantitative estimate of drug-likeness (QED) is 0.510. The van der Waals surface area contributed by atoms with Crippen molar-refractivity contribution in [3.05, 3.63) is 12.2 Å². The van der Waals surface area contributed by atoms with Gasteiger partial charge in [-0.1, -0.05) is 6.58 Å². The molecule has 0 unspecified atom stereocenters. The zero-order valence-electron chi connectivity index (χ0n) is 6.79. The van der Waals surface area contributed by atoms with E-state index in [9.17, 15) is 4.79 Å². The van der Waals surface area contributed by atoms with Crippen LogP contribution >= 0.6 is 0 Å². The summed E-state index contributed by atoms with van der Waals surface area (Å²) in [5.41, 5.74) is 0.163. The Hall–Kier alpha value is -0.870. The van der Waals surface area contributed by atoms with E-state index in [4.69, 9.17) is 10.2 Å². The van der Waals surface area contributed by atoms with Crippen LogP contribution < -0.4 is 5.32 Å². The first-order valence-electron chi connectivity index (χ1n) is 3.92. The standard InChI is InChI=1S/C8H13NO3/c1-5(8(11)12)4-9-6-2-7(10)3-6/h6-7,9-10H,1-4H2,(H,11,12). The summed E-state index contributed by atoms with van der Waals surface area (Å²) >= 11 is 0. The van der Waals surface area contributed by atoms with Crippen LogP contribution in [0.25, 0.3) is 0 Å². The van der Waals surface area contributed by atoms with Crippen molar-refractivity contribution in [2.24, 2.45) is 0 Å². The monoisotopic (exact) mass is 171 g/mol. The summed E-state index contributed by atoms with van der Waals surface area (Å²) in [6.45, 7) is 3.68. The van der Waals surface area contributed by atoms with Gasteiger partial charge in [-0.05, 0) is 12.8 Å². The molecule has 1 aliphatic carbocycles.